The van der Waals surface area contributed by atoms with E-state index in [4.69, 9.17) is 5.10 Å². The number of hydrogen-bond donors (Lipinski definition) is 1. The van der Waals surface area contributed by atoms with Crippen LogP contribution in [0.4, 0.5) is 0 Å². The minimum absolute atomic E-state index is 0.0440. The summed E-state index contributed by atoms with van der Waals surface area (Å²) in [6.45, 7) is 21.7. The number of carbonyl (C=O) groups excluding carboxylic acids is 1. The Kier molecular flexibility index (Phi) is 8.17. The van der Waals surface area contributed by atoms with Gasteiger partial charge in [0.05, 0.1) is 5.69 Å². The number of nitrogens with one attached hydrogen (secondary N) is 1. The van der Waals surface area contributed by atoms with Gasteiger partial charge in [0.2, 0.25) is 5.91 Å². The van der Waals surface area contributed by atoms with Crippen LogP contribution in [0, 0.1) is 19.8 Å². The minimum atomic E-state index is 0.0440. The summed E-state index contributed by atoms with van der Waals surface area (Å²) >= 11 is 0. The summed E-state index contributed by atoms with van der Waals surface area (Å²) < 4.78 is 2.12. The summed E-state index contributed by atoms with van der Waals surface area (Å²) in [6.07, 6.45) is 5.56. The Labute approximate surface area is 185 Å². The number of nitrogens with zero attached hydrogens (tertiary/aromatic N) is 3. The zero-order chi connectivity index (χ0) is 22.7. The van der Waals surface area contributed by atoms with Gasteiger partial charge in [0.25, 0.3) is 0 Å². The van der Waals surface area contributed by atoms with Crippen LogP contribution in [0.5, 0.6) is 0 Å². The lowest BCUT2D eigenvalue weighted by Gasteiger charge is -2.49. The molecule has 172 valence electrons. The Hall–Kier alpha value is -1.36. The highest BCUT2D eigenvalue weighted by Crippen LogP contribution is 2.32. The fourth-order valence-electron chi connectivity index (χ4n) is 5.32. The fourth-order valence-corrected chi connectivity index (χ4v) is 5.32. The van der Waals surface area contributed by atoms with E-state index in [0.29, 0.717) is 24.3 Å². The van der Waals surface area contributed by atoms with E-state index in [-0.39, 0.29) is 11.1 Å². The van der Waals surface area contributed by atoms with Crippen LogP contribution in [0.15, 0.2) is 0 Å². The lowest BCUT2D eigenvalue weighted by atomic mass is 9.79. The van der Waals surface area contributed by atoms with Crippen LogP contribution in [0.25, 0.3) is 0 Å². The summed E-state index contributed by atoms with van der Waals surface area (Å²) in [7, 11) is 0. The van der Waals surface area contributed by atoms with Crippen molar-refractivity contribution in [3.05, 3.63) is 17.0 Å². The van der Waals surface area contributed by atoms with Crippen molar-refractivity contribution in [2.24, 2.45) is 5.92 Å². The highest BCUT2D eigenvalue weighted by molar-refractivity contribution is 5.77. The lowest BCUT2D eigenvalue weighted by molar-refractivity contribution is -0.135. The van der Waals surface area contributed by atoms with Gasteiger partial charge in [-0.1, -0.05) is 27.2 Å². The maximum Gasteiger partial charge on any atom is 0.223 e. The van der Waals surface area contributed by atoms with Gasteiger partial charge in [-0.15, -0.1) is 0 Å². The predicted octanol–water partition coefficient (Wildman–Crippen LogP) is 5.03. The molecule has 0 bridgehead atoms. The Morgan fingerprint density at radius 1 is 1.20 bits per heavy atom. The molecule has 5 heteroatoms. The van der Waals surface area contributed by atoms with Crippen molar-refractivity contribution >= 4 is 5.91 Å². The highest BCUT2D eigenvalue weighted by atomic mass is 16.2. The Morgan fingerprint density at radius 2 is 1.80 bits per heavy atom. The molecule has 0 aromatic carbocycles. The number of rotatable bonds is 9. The van der Waals surface area contributed by atoms with Crippen LogP contribution in [0.3, 0.4) is 0 Å². The van der Waals surface area contributed by atoms with Crippen molar-refractivity contribution < 1.29 is 4.79 Å². The third-order valence-corrected chi connectivity index (χ3v) is 6.34. The maximum atomic E-state index is 13.4. The third kappa shape index (κ3) is 6.57. The second-order valence-corrected chi connectivity index (χ2v) is 11.1. The van der Waals surface area contributed by atoms with Crippen LogP contribution in [0.1, 0.15) is 97.5 Å². The number of piperidine rings is 1. The molecule has 1 N–H and O–H groups in total. The first-order valence-corrected chi connectivity index (χ1v) is 12.0. The molecule has 5 nitrogen and oxygen atoms in total. The number of aromatic nitrogens is 2. The molecule has 1 aromatic heterocycles. The molecule has 0 spiro atoms. The molecule has 2 heterocycles. The van der Waals surface area contributed by atoms with Crippen molar-refractivity contribution in [1.29, 1.82) is 0 Å². The molecule has 0 saturated carbocycles. The van der Waals surface area contributed by atoms with Gasteiger partial charge >= 0.3 is 0 Å². The summed E-state index contributed by atoms with van der Waals surface area (Å²) in [6, 6.07) is 0.307. The molecular formula is C25H46N4O. The molecule has 0 atom stereocenters. The van der Waals surface area contributed by atoms with Crippen LogP contribution < -0.4 is 5.32 Å². The molecule has 30 heavy (non-hydrogen) atoms. The van der Waals surface area contributed by atoms with E-state index in [0.717, 1.165) is 50.9 Å². The third-order valence-electron chi connectivity index (χ3n) is 6.34. The fraction of sp³-hybridized carbons (Fsp3) is 0.840. The Balaban J connectivity index is 2.14. The quantitative estimate of drug-likeness (QED) is 0.612. The summed E-state index contributed by atoms with van der Waals surface area (Å²) in [5, 5.41) is 8.49. The van der Waals surface area contributed by atoms with Crippen LogP contribution in [-0.2, 0) is 17.8 Å². The maximum absolute atomic E-state index is 13.4. The van der Waals surface area contributed by atoms with Crippen molar-refractivity contribution in [2.45, 2.75) is 125 Å². The van der Waals surface area contributed by atoms with Crippen LogP contribution in [-0.4, -0.2) is 44.3 Å². The van der Waals surface area contributed by atoms with Gasteiger partial charge in [0.1, 0.15) is 0 Å². The molecular weight excluding hydrogens is 372 g/mol. The van der Waals surface area contributed by atoms with Gasteiger partial charge in [-0.25, -0.2) is 0 Å². The molecule has 1 aliphatic rings. The second kappa shape index (κ2) is 9.84. The van der Waals surface area contributed by atoms with E-state index >= 15 is 0 Å². The molecule has 1 saturated heterocycles. The van der Waals surface area contributed by atoms with Crippen molar-refractivity contribution in [3.63, 3.8) is 0 Å². The molecule has 1 fully saturated rings. The summed E-state index contributed by atoms with van der Waals surface area (Å²) in [5.41, 5.74) is 3.64. The van der Waals surface area contributed by atoms with Gasteiger partial charge in [-0.3, -0.25) is 9.48 Å². The van der Waals surface area contributed by atoms with Gasteiger partial charge in [0, 0.05) is 42.3 Å². The molecule has 0 aliphatic carbocycles. The van der Waals surface area contributed by atoms with Crippen molar-refractivity contribution in [3.8, 4) is 0 Å². The molecule has 1 aliphatic heterocycles. The van der Waals surface area contributed by atoms with Crippen molar-refractivity contribution in [2.75, 3.05) is 6.54 Å². The zero-order valence-corrected chi connectivity index (χ0v) is 21.1. The highest BCUT2D eigenvalue weighted by Gasteiger charge is 2.40. The van der Waals surface area contributed by atoms with E-state index in [1.165, 1.54) is 11.3 Å². The number of carbonyl (C=O) groups is 1. The molecule has 1 amide bonds. The first-order valence-electron chi connectivity index (χ1n) is 12.0. The monoisotopic (exact) mass is 418 g/mol. The van der Waals surface area contributed by atoms with Gasteiger partial charge in [0.15, 0.2) is 0 Å². The van der Waals surface area contributed by atoms with Crippen LogP contribution in [0.2, 0.25) is 0 Å². The molecule has 2 rings (SSSR count). The van der Waals surface area contributed by atoms with E-state index in [2.05, 4.69) is 77.2 Å². The molecule has 0 unspecified atom stereocenters. The van der Waals surface area contributed by atoms with E-state index in [9.17, 15) is 4.79 Å². The van der Waals surface area contributed by atoms with Gasteiger partial charge < -0.3 is 10.2 Å². The first kappa shape index (κ1) is 24.9. The average Bonchev–Trinajstić information content (AvgIpc) is 2.83. The standard InChI is InChI=1S/C25H46N4O/c1-10-11-14-28(21-15-24(6,7)27-25(8,9)16-21)23(30)13-12-22-19(4)26-29(20(22)5)17-18(2)3/h18,21,27H,10-17H2,1-9H3. The average molecular weight is 419 g/mol. The first-order chi connectivity index (χ1) is 13.8. The molecule has 1 aromatic rings. The summed E-state index contributed by atoms with van der Waals surface area (Å²) in [5.74, 6) is 0.867. The smallest absolute Gasteiger partial charge is 0.223 e. The SMILES string of the molecule is CCCCN(C(=O)CCc1c(C)nn(CC(C)C)c1C)C1CC(C)(C)NC(C)(C)C1. The number of aryl methyl sites for hydroxylation is 1. The summed E-state index contributed by atoms with van der Waals surface area (Å²) in [4.78, 5) is 15.6. The predicted molar refractivity (Wildman–Crippen MR) is 126 cm³/mol. The van der Waals surface area contributed by atoms with Crippen molar-refractivity contribution in [1.82, 2.24) is 20.0 Å². The second-order valence-electron chi connectivity index (χ2n) is 11.1. The van der Waals surface area contributed by atoms with Gasteiger partial charge in [-0.2, -0.15) is 5.10 Å². The van der Waals surface area contributed by atoms with E-state index in [1.807, 2.05) is 0 Å². The minimum Gasteiger partial charge on any atom is -0.340 e. The zero-order valence-electron chi connectivity index (χ0n) is 21.1. The molecule has 0 radical (unpaired) electrons. The largest absolute Gasteiger partial charge is 0.340 e. The number of hydrogen-bond acceptors (Lipinski definition) is 3. The Bertz CT molecular complexity index is 701. The normalized spacial score (nSPS) is 18.7. The topological polar surface area (TPSA) is 50.2 Å². The Morgan fingerprint density at radius 3 is 2.33 bits per heavy atom. The number of amides is 1. The van der Waals surface area contributed by atoms with E-state index in [1.54, 1.807) is 0 Å². The van der Waals surface area contributed by atoms with Crippen LogP contribution >= 0.6 is 0 Å². The van der Waals surface area contributed by atoms with Gasteiger partial charge in [-0.05, 0) is 78.7 Å². The van der Waals surface area contributed by atoms with E-state index < -0.39 is 0 Å². The lowest BCUT2D eigenvalue weighted by Crippen LogP contribution is -2.62. The number of unbranched alkanes of at least 4 members (excludes halogenated alkanes) is 1.